The molecule has 1 unspecified atom stereocenters. The maximum atomic E-state index is 5.60. The number of unbranched alkanes of at least 4 members (excludes halogenated alkanes) is 1. The van der Waals surface area contributed by atoms with Gasteiger partial charge in [0, 0.05) is 6.61 Å². The van der Waals surface area contributed by atoms with Gasteiger partial charge in [0.1, 0.15) is 0 Å². The molecule has 1 aliphatic heterocycles. The summed E-state index contributed by atoms with van der Waals surface area (Å²) >= 11 is 4.92. The quantitative estimate of drug-likeness (QED) is 0.247. The van der Waals surface area contributed by atoms with Crippen molar-refractivity contribution in [1.82, 2.24) is 0 Å². The highest BCUT2D eigenvalue weighted by Crippen LogP contribution is 2.17. The third-order valence-corrected chi connectivity index (χ3v) is 3.72. The Labute approximate surface area is 126 Å². The van der Waals surface area contributed by atoms with E-state index < -0.39 is 0 Å². The van der Waals surface area contributed by atoms with Crippen LogP contribution in [0.3, 0.4) is 0 Å². The molecule has 94 valence electrons. The van der Waals surface area contributed by atoms with Crippen molar-refractivity contribution in [2.75, 3.05) is 13.2 Å². The number of alkyl halides is 2. The van der Waals surface area contributed by atoms with Crippen molar-refractivity contribution >= 4 is 45.2 Å². The van der Waals surface area contributed by atoms with Gasteiger partial charge < -0.3 is 9.47 Å². The van der Waals surface area contributed by atoms with Crippen LogP contribution in [0, 0.1) is 0 Å². The molecule has 0 amide bonds. The van der Waals surface area contributed by atoms with Crippen LogP contribution in [0.2, 0.25) is 0 Å². The molecule has 0 saturated carbocycles. The van der Waals surface area contributed by atoms with Crippen LogP contribution in [-0.4, -0.2) is 21.4 Å². The third-order valence-electron chi connectivity index (χ3n) is 2.48. The second-order valence-corrected chi connectivity index (χ2v) is 9.31. The Morgan fingerprint density at radius 1 is 1.31 bits per heavy atom. The van der Waals surface area contributed by atoms with Crippen molar-refractivity contribution in [3.8, 4) is 0 Å². The minimum absolute atomic E-state index is 0.0477. The van der Waals surface area contributed by atoms with Gasteiger partial charge in [0.2, 0.25) is 0 Å². The summed E-state index contributed by atoms with van der Waals surface area (Å²) in [6, 6.07) is 0. The minimum Gasteiger partial charge on any atom is -0.353 e. The van der Waals surface area contributed by atoms with Crippen LogP contribution >= 0.6 is 45.2 Å². The molecular formula is C12H20I2O2. The van der Waals surface area contributed by atoms with E-state index in [0.717, 1.165) is 21.4 Å². The first-order valence-corrected chi connectivity index (χ1v) is 8.44. The lowest BCUT2D eigenvalue weighted by Gasteiger charge is -2.21. The average molecular weight is 450 g/mol. The standard InChI is InChI=1S/C12H20I2O2/c13-11(14)7-3-1-2-5-9-15-12-8-4-6-10-16-12/h2,5,11-12H,1,3-4,6-10H2/b5-2+. The summed E-state index contributed by atoms with van der Waals surface area (Å²) in [5.41, 5.74) is 0. The van der Waals surface area contributed by atoms with Crippen LogP contribution in [0.4, 0.5) is 0 Å². The van der Waals surface area contributed by atoms with E-state index in [9.17, 15) is 0 Å². The number of halogens is 2. The summed E-state index contributed by atoms with van der Waals surface area (Å²) < 4.78 is 11.8. The molecule has 0 radical (unpaired) electrons. The topological polar surface area (TPSA) is 18.5 Å². The first kappa shape index (κ1) is 15.2. The molecule has 0 spiro atoms. The Balaban J connectivity index is 1.91. The normalized spacial score (nSPS) is 22.1. The number of rotatable bonds is 7. The Bertz CT molecular complexity index is 189. The van der Waals surface area contributed by atoms with E-state index in [1.807, 2.05) is 0 Å². The van der Waals surface area contributed by atoms with Gasteiger partial charge in [0.05, 0.1) is 8.54 Å². The summed E-state index contributed by atoms with van der Waals surface area (Å²) in [6.07, 6.45) is 11.6. The molecule has 1 atom stereocenters. The lowest BCUT2D eigenvalue weighted by Crippen LogP contribution is -2.22. The molecule has 0 aliphatic carbocycles. The largest absolute Gasteiger partial charge is 0.353 e. The molecule has 1 aliphatic rings. The fourth-order valence-electron chi connectivity index (χ4n) is 1.58. The lowest BCUT2D eigenvalue weighted by molar-refractivity contribution is -0.155. The first-order valence-electron chi connectivity index (χ1n) is 5.95. The predicted molar refractivity (Wildman–Crippen MR) is 84.4 cm³/mol. The zero-order valence-corrected chi connectivity index (χ0v) is 13.9. The second-order valence-electron chi connectivity index (χ2n) is 3.92. The van der Waals surface area contributed by atoms with Crippen LogP contribution in [0.15, 0.2) is 12.2 Å². The second kappa shape index (κ2) is 10.1. The van der Waals surface area contributed by atoms with Crippen molar-refractivity contribution in [1.29, 1.82) is 0 Å². The van der Waals surface area contributed by atoms with Gasteiger partial charge in [0.15, 0.2) is 6.29 Å². The number of hydrogen-bond donors (Lipinski definition) is 0. The Morgan fingerprint density at radius 3 is 2.88 bits per heavy atom. The highest BCUT2D eigenvalue weighted by Gasteiger charge is 2.12. The van der Waals surface area contributed by atoms with Crippen LogP contribution in [0.5, 0.6) is 0 Å². The predicted octanol–water partition coefficient (Wildman–Crippen LogP) is 4.45. The fourth-order valence-corrected chi connectivity index (χ4v) is 2.46. The Kier molecular flexibility index (Phi) is 9.56. The monoisotopic (exact) mass is 450 g/mol. The van der Waals surface area contributed by atoms with Crippen molar-refractivity contribution in [2.45, 2.75) is 46.7 Å². The molecule has 0 bridgehead atoms. The number of hydrogen-bond acceptors (Lipinski definition) is 2. The van der Waals surface area contributed by atoms with Gasteiger partial charge in [0.25, 0.3) is 0 Å². The molecule has 0 aromatic carbocycles. The zero-order valence-electron chi connectivity index (χ0n) is 9.54. The molecule has 0 aromatic heterocycles. The van der Waals surface area contributed by atoms with E-state index in [4.69, 9.17) is 9.47 Å². The molecule has 16 heavy (non-hydrogen) atoms. The maximum Gasteiger partial charge on any atom is 0.157 e. The van der Waals surface area contributed by atoms with Crippen molar-refractivity contribution in [2.24, 2.45) is 0 Å². The number of allylic oxidation sites excluding steroid dienone is 1. The zero-order chi connectivity index (χ0) is 11.6. The first-order chi connectivity index (χ1) is 7.79. The van der Waals surface area contributed by atoms with Gasteiger partial charge in [-0.15, -0.1) is 0 Å². The molecule has 1 fully saturated rings. The fraction of sp³-hybridized carbons (Fsp3) is 0.833. The van der Waals surface area contributed by atoms with E-state index in [1.54, 1.807) is 0 Å². The highest BCUT2D eigenvalue weighted by atomic mass is 127. The molecule has 1 saturated heterocycles. The molecular weight excluding hydrogens is 430 g/mol. The summed E-state index contributed by atoms with van der Waals surface area (Å²) in [4.78, 5) is 0. The van der Waals surface area contributed by atoms with E-state index in [-0.39, 0.29) is 6.29 Å². The highest BCUT2D eigenvalue weighted by molar-refractivity contribution is 14.2. The Morgan fingerprint density at radius 2 is 2.19 bits per heavy atom. The summed E-state index contributed by atoms with van der Waals surface area (Å²) in [7, 11) is 0. The smallest absolute Gasteiger partial charge is 0.157 e. The molecule has 0 N–H and O–H groups in total. The van der Waals surface area contributed by atoms with E-state index in [0.29, 0.717) is 6.61 Å². The third kappa shape index (κ3) is 8.25. The van der Waals surface area contributed by atoms with Crippen LogP contribution in [0.1, 0.15) is 38.5 Å². The molecule has 1 heterocycles. The Hall–Kier alpha value is 1.12. The van der Waals surface area contributed by atoms with Crippen molar-refractivity contribution in [3.63, 3.8) is 0 Å². The van der Waals surface area contributed by atoms with Gasteiger partial charge in [-0.05, 0) is 38.5 Å². The summed E-state index contributed by atoms with van der Waals surface area (Å²) in [5, 5.41) is 0. The van der Waals surface area contributed by atoms with E-state index in [2.05, 4.69) is 57.3 Å². The minimum atomic E-state index is 0.0477. The number of ether oxygens (including phenoxy) is 2. The average Bonchev–Trinajstić information content (AvgIpc) is 2.29. The van der Waals surface area contributed by atoms with Crippen LogP contribution in [-0.2, 0) is 9.47 Å². The maximum absolute atomic E-state index is 5.60. The van der Waals surface area contributed by atoms with E-state index in [1.165, 1.54) is 25.7 Å². The summed E-state index contributed by atoms with van der Waals surface area (Å²) in [5.74, 6) is 0. The van der Waals surface area contributed by atoms with Gasteiger partial charge in [-0.1, -0.05) is 57.3 Å². The molecule has 4 heteroatoms. The molecule has 1 rings (SSSR count). The van der Waals surface area contributed by atoms with E-state index >= 15 is 0 Å². The summed E-state index contributed by atoms with van der Waals surface area (Å²) in [6.45, 7) is 1.56. The van der Waals surface area contributed by atoms with Gasteiger partial charge in [-0.2, -0.15) is 0 Å². The van der Waals surface area contributed by atoms with Gasteiger partial charge in [-0.3, -0.25) is 0 Å². The van der Waals surface area contributed by atoms with Gasteiger partial charge >= 0.3 is 0 Å². The van der Waals surface area contributed by atoms with Crippen molar-refractivity contribution in [3.05, 3.63) is 12.2 Å². The SMILES string of the molecule is IC(I)CCC/C=C/COC1CCCCO1. The lowest BCUT2D eigenvalue weighted by atomic mass is 10.2. The van der Waals surface area contributed by atoms with Gasteiger partial charge in [-0.25, -0.2) is 0 Å². The molecule has 0 aromatic rings. The van der Waals surface area contributed by atoms with Crippen LogP contribution in [0.25, 0.3) is 0 Å². The van der Waals surface area contributed by atoms with Crippen LogP contribution < -0.4 is 0 Å². The molecule has 2 nitrogen and oxygen atoms in total. The van der Waals surface area contributed by atoms with Crippen molar-refractivity contribution < 1.29 is 9.47 Å².